The molecule has 0 spiro atoms. The van der Waals surface area contributed by atoms with E-state index in [9.17, 15) is 13.2 Å². The molecule has 2 aromatic rings. The van der Waals surface area contributed by atoms with E-state index in [0.717, 1.165) is 5.56 Å². The van der Waals surface area contributed by atoms with Gasteiger partial charge in [0.25, 0.3) is 5.91 Å². The van der Waals surface area contributed by atoms with Gasteiger partial charge in [0.2, 0.25) is 10.0 Å². The molecule has 0 bridgehead atoms. The van der Waals surface area contributed by atoms with Crippen molar-refractivity contribution in [3.05, 3.63) is 47.5 Å². The zero-order valence-electron chi connectivity index (χ0n) is 14.6. The van der Waals surface area contributed by atoms with Crippen LogP contribution >= 0.6 is 0 Å². The second kappa shape index (κ2) is 7.48. The van der Waals surface area contributed by atoms with Crippen LogP contribution in [0.25, 0.3) is 0 Å². The van der Waals surface area contributed by atoms with E-state index in [1.807, 2.05) is 0 Å². The van der Waals surface area contributed by atoms with Crippen LogP contribution < -0.4 is 5.32 Å². The molecule has 8 nitrogen and oxygen atoms in total. The Hall–Kier alpha value is -2.36. The molecular weight excluding hydrogens is 356 g/mol. The highest BCUT2D eigenvalue weighted by atomic mass is 32.2. The van der Waals surface area contributed by atoms with Crippen LogP contribution in [0.1, 0.15) is 21.7 Å². The third-order valence-corrected chi connectivity index (χ3v) is 5.97. The summed E-state index contributed by atoms with van der Waals surface area (Å²) in [5, 5.41) is 2.71. The molecule has 0 radical (unpaired) electrons. The second-order valence-corrected chi connectivity index (χ2v) is 7.93. The van der Waals surface area contributed by atoms with E-state index in [1.54, 1.807) is 26.0 Å². The molecule has 1 fully saturated rings. The molecule has 1 aliphatic rings. The maximum absolute atomic E-state index is 12.8. The van der Waals surface area contributed by atoms with E-state index in [1.165, 1.54) is 22.8 Å². The third kappa shape index (κ3) is 3.90. The van der Waals surface area contributed by atoms with Crippen LogP contribution in [0.4, 0.5) is 5.69 Å². The zero-order valence-corrected chi connectivity index (χ0v) is 15.4. The van der Waals surface area contributed by atoms with Crippen molar-refractivity contribution in [1.29, 1.82) is 0 Å². The summed E-state index contributed by atoms with van der Waals surface area (Å²) < 4.78 is 32.2. The van der Waals surface area contributed by atoms with Crippen LogP contribution in [0.5, 0.6) is 0 Å². The Bertz CT molecular complexity index is 907. The minimum Gasteiger partial charge on any atom is -0.379 e. The number of amides is 1. The first kappa shape index (κ1) is 18.4. The number of nitrogens with zero attached hydrogens (tertiary/aromatic N) is 3. The molecule has 3 rings (SSSR count). The molecule has 26 heavy (non-hydrogen) atoms. The van der Waals surface area contributed by atoms with Crippen molar-refractivity contribution in [3.8, 4) is 0 Å². The van der Waals surface area contributed by atoms with Gasteiger partial charge in [0.15, 0.2) is 0 Å². The number of ether oxygens (including phenoxy) is 1. The van der Waals surface area contributed by atoms with Gasteiger partial charge in [0.05, 0.1) is 30.0 Å². The van der Waals surface area contributed by atoms with Crippen molar-refractivity contribution in [3.63, 3.8) is 0 Å². The van der Waals surface area contributed by atoms with Crippen molar-refractivity contribution in [2.45, 2.75) is 18.7 Å². The number of aromatic nitrogens is 2. The Labute approximate surface area is 152 Å². The average Bonchev–Trinajstić information content (AvgIpc) is 2.64. The summed E-state index contributed by atoms with van der Waals surface area (Å²) in [7, 11) is -3.63. The molecule has 9 heteroatoms. The Morgan fingerprint density at radius 1 is 1.15 bits per heavy atom. The van der Waals surface area contributed by atoms with Crippen molar-refractivity contribution in [1.82, 2.24) is 14.3 Å². The van der Waals surface area contributed by atoms with Gasteiger partial charge in [-0.25, -0.2) is 13.4 Å². The number of hydrogen-bond donors (Lipinski definition) is 1. The summed E-state index contributed by atoms with van der Waals surface area (Å²) in [6, 6.07) is 4.69. The topological polar surface area (TPSA) is 101 Å². The number of aryl methyl sites for hydroxylation is 2. The molecule has 0 aliphatic carbocycles. The smallest absolute Gasteiger partial charge is 0.275 e. The number of carbonyl (C=O) groups is 1. The van der Waals surface area contributed by atoms with Gasteiger partial charge in [0, 0.05) is 25.0 Å². The predicted octanol–water partition coefficient (Wildman–Crippen LogP) is 1.37. The maximum atomic E-state index is 12.8. The van der Waals surface area contributed by atoms with E-state index < -0.39 is 15.9 Å². The van der Waals surface area contributed by atoms with Crippen LogP contribution in [-0.4, -0.2) is 54.9 Å². The highest BCUT2D eigenvalue weighted by Crippen LogP contribution is 2.24. The van der Waals surface area contributed by atoms with Gasteiger partial charge in [-0.15, -0.1) is 0 Å². The van der Waals surface area contributed by atoms with E-state index >= 15 is 0 Å². The normalized spacial score (nSPS) is 15.6. The Morgan fingerprint density at radius 2 is 1.88 bits per heavy atom. The second-order valence-electron chi connectivity index (χ2n) is 5.99. The van der Waals surface area contributed by atoms with Gasteiger partial charge in [-0.1, -0.05) is 6.07 Å². The summed E-state index contributed by atoms with van der Waals surface area (Å²) in [4.78, 5) is 20.6. The molecule has 1 saturated heterocycles. The molecule has 2 heterocycles. The van der Waals surface area contributed by atoms with E-state index in [0.29, 0.717) is 37.7 Å². The van der Waals surface area contributed by atoms with Gasteiger partial charge in [-0.2, -0.15) is 4.31 Å². The Kier molecular flexibility index (Phi) is 5.30. The molecule has 0 unspecified atom stereocenters. The first-order chi connectivity index (χ1) is 12.4. The fraction of sp³-hybridized carbons (Fsp3) is 0.353. The van der Waals surface area contributed by atoms with E-state index in [2.05, 4.69) is 15.3 Å². The zero-order chi connectivity index (χ0) is 18.7. The van der Waals surface area contributed by atoms with Gasteiger partial charge in [0.1, 0.15) is 5.69 Å². The maximum Gasteiger partial charge on any atom is 0.275 e. The number of benzene rings is 1. The van der Waals surface area contributed by atoms with Gasteiger partial charge >= 0.3 is 0 Å². The van der Waals surface area contributed by atoms with Crippen molar-refractivity contribution in [2.24, 2.45) is 0 Å². The monoisotopic (exact) mass is 376 g/mol. The molecule has 1 N–H and O–H groups in total. The van der Waals surface area contributed by atoms with Crippen LogP contribution in [-0.2, 0) is 14.8 Å². The van der Waals surface area contributed by atoms with Gasteiger partial charge in [-0.05, 0) is 31.5 Å². The largest absolute Gasteiger partial charge is 0.379 e. The lowest BCUT2D eigenvalue weighted by Crippen LogP contribution is -2.40. The predicted molar refractivity (Wildman–Crippen MR) is 95.5 cm³/mol. The Morgan fingerprint density at radius 3 is 2.54 bits per heavy atom. The molecule has 138 valence electrons. The van der Waals surface area contributed by atoms with Crippen molar-refractivity contribution in [2.75, 3.05) is 31.6 Å². The SMILES string of the molecule is Cc1cnc(C(=O)Nc2cc(S(=O)(=O)N3CCOCC3)ccc2C)cn1. The van der Waals surface area contributed by atoms with Crippen LogP contribution in [0.15, 0.2) is 35.5 Å². The number of carbonyl (C=O) groups excluding carboxylic acids is 1. The fourth-order valence-corrected chi connectivity index (χ4v) is 3.96. The molecule has 1 amide bonds. The lowest BCUT2D eigenvalue weighted by atomic mass is 10.2. The minimum atomic E-state index is -3.63. The number of rotatable bonds is 4. The first-order valence-electron chi connectivity index (χ1n) is 8.16. The summed E-state index contributed by atoms with van der Waals surface area (Å²) in [6.07, 6.45) is 2.88. The molecule has 0 saturated carbocycles. The summed E-state index contributed by atoms with van der Waals surface area (Å²) >= 11 is 0. The van der Waals surface area contributed by atoms with E-state index in [-0.39, 0.29) is 10.6 Å². The standard InChI is InChI=1S/C17H20N4O4S/c1-12-3-4-14(26(23,24)21-5-7-25-8-6-21)9-15(12)20-17(22)16-11-18-13(2)10-19-16/h3-4,9-11H,5-8H2,1-2H3,(H,20,22). The summed E-state index contributed by atoms with van der Waals surface area (Å²) in [5.74, 6) is -0.443. The Balaban J connectivity index is 1.85. The third-order valence-electron chi connectivity index (χ3n) is 4.08. The summed E-state index contributed by atoms with van der Waals surface area (Å²) in [5.41, 5.74) is 2.04. The number of morpholine rings is 1. The molecule has 1 aliphatic heterocycles. The number of hydrogen-bond acceptors (Lipinski definition) is 6. The highest BCUT2D eigenvalue weighted by Gasteiger charge is 2.27. The quantitative estimate of drug-likeness (QED) is 0.865. The van der Waals surface area contributed by atoms with Gasteiger partial charge in [-0.3, -0.25) is 9.78 Å². The van der Waals surface area contributed by atoms with Gasteiger partial charge < -0.3 is 10.1 Å². The van der Waals surface area contributed by atoms with E-state index in [4.69, 9.17) is 4.74 Å². The molecule has 0 atom stereocenters. The minimum absolute atomic E-state index is 0.135. The number of nitrogens with one attached hydrogen (secondary N) is 1. The highest BCUT2D eigenvalue weighted by molar-refractivity contribution is 7.89. The van der Waals surface area contributed by atoms with Crippen LogP contribution in [0, 0.1) is 13.8 Å². The lowest BCUT2D eigenvalue weighted by Gasteiger charge is -2.26. The molecule has 1 aromatic heterocycles. The lowest BCUT2D eigenvalue weighted by molar-refractivity contribution is 0.0730. The van der Waals surface area contributed by atoms with Crippen molar-refractivity contribution >= 4 is 21.6 Å². The molecule has 1 aromatic carbocycles. The fourth-order valence-electron chi connectivity index (χ4n) is 2.53. The van der Waals surface area contributed by atoms with Crippen LogP contribution in [0.3, 0.4) is 0 Å². The number of anilines is 1. The summed E-state index contributed by atoms with van der Waals surface area (Å²) in [6.45, 7) is 4.95. The first-order valence-corrected chi connectivity index (χ1v) is 9.60. The molecular formula is C17H20N4O4S. The number of sulfonamides is 1. The van der Waals surface area contributed by atoms with Crippen LogP contribution in [0.2, 0.25) is 0 Å². The average molecular weight is 376 g/mol. The van der Waals surface area contributed by atoms with Crippen molar-refractivity contribution < 1.29 is 17.9 Å².